The first-order chi connectivity index (χ1) is 8.70. The Morgan fingerprint density at radius 2 is 1.70 bits per heavy atom. The first-order valence-corrected chi connectivity index (χ1v) is 7.52. The molecule has 1 aromatic rings. The van der Waals surface area contributed by atoms with Crippen molar-refractivity contribution in [3.05, 3.63) is 70.3 Å². The molecule has 0 aromatic heterocycles. The molecule has 0 saturated heterocycles. The Balaban J connectivity index is 0.000001000. The Hall–Kier alpha value is -0.357. The van der Waals surface area contributed by atoms with E-state index in [9.17, 15) is 0 Å². The van der Waals surface area contributed by atoms with Crippen LogP contribution < -0.4 is 24.8 Å². The Morgan fingerprint density at radius 1 is 1.05 bits per heavy atom. The molecule has 0 nitrogen and oxygen atoms in total. The third-order valence-corrected chi connectivity index (χ3v) is 4.83. The fourth-order valence-corrected chi connectivity index (χ4v) is 4.02. The van der Waals surface area contributed by atoms with Gasteiger partial charge < -0.3 is 24.8 Å². The zero-order valence-corrected chi connectivity index (χ0v) is 15.5. The van der Waals surface area contributed by atoms with Crippen LogP contribution in [0.2, 0.25) is 0 Å². The largest absolute Gasteiger partial charge is 1.00 e. The van der Waals surface area contributed by atoms with E-state index >= 15 is 0 Å². The molecule has 0 amide bonds. The quantitative estimate of drug-likeness (QED) is 0.564. The van der Waals surface area contributed by atoms with Gasteiger partial charge in [-0.25, -0.2) is 0 Å². The molecule has 0 unspecified atom stereocenters. The van der Waals surface area contributed by atoms with Gasteiger partial charge in [-0.15, -0.1) is 0 Å². The van der Waals surface area contributed by atoms with Gasteiger partial charge in [-0.1, -0.05) is 0 Å². The van der Waals surface area contributed by atoms with Crippen LogP contribution in [0.1, 0.15) is 31.4 Å². The van der Waals surface area contributed by atoms with Crippen LogP contribution >= 0.6 is 0 Å². The van der Waals surface area contributed by atoms with E-state index in [0.29, 0.717) is 0 Å². The average molecular weight is 381 g/mol. The predicted octanol–water partition coefficient (Wildman–Crippen LogP) is -1.35. The van der Waals surface area contributed by atoms with Crippen LogP contribution in [0.5, 0.6) is 0 Å². The minimum atomic E-state index is 0. The average Bonchev–Trinajstić information content (AvgIpc) is 2.96. The SMILES string of the molecule is CC(C)=C1C(C2=CC=CC2)=[C]([Zr+2])c2ccccc21.[Cl-].[Cl-]. The summed E-state index contributed by atoms with van der Waals surface area (Å²) in [6, 6.07) is 8.82. The summed E-state index contributed by atoms with van der Waals surface area (Å²) < 4.78 is 1.52. The second-order valence-corrected chi connectivity index (χ2v) is 6.22. The predicted molar refractivity (Wildman–Crippen MR) is 73.5 cm³/mol. The molecule has 101 valence electrons. The summed E-state index contributed by atoms with van der Waals surface area (Å²) in [6.07, 6.45) is 7.78. The Morgan fingerprint density at radius 3 is 2.25 bits per heavy atom. The Kier molecular flexibility index (Phi) is 6.26. The topological polar surface area (TPSA) is 0 Å². The van der Waals surface area contributed by atoms with Gasteiger partial charge in [-0.3, -0.25) is 0 Å². The third kappa shape index (κ3) is 2.82. The minimum absolute atomic E-state index is 0. The maximum atomic E-state index is 2.27. The minimum Gasteiger partial charge on any atom is -1.00 e. The first-order valence-electron chi connectivity index (χ1n) is 6.29. The summed E-state index contributed by atoms with van der Waals surface area (Å²) in [4.78, 5) is 0. The first kappa shape index (κ1) is 17.7. The van der Waals surface area contributed by atoms with Gasteiger partial charge in [0, 0.05) is 0 Å². The van der Waals surface area contributed by atoms with Crippen molar-refractivity contribution in [3.8, 4) is 0 Å². The van der Waals surface area contributed by atoms with Gasteiger partial charge >= 0.3 is 124 Å². The van der Waals surface area contributed by atoms with Crippen LogP contribution in [0.25, 0.3) is 8.85 Å². The number of allylic oxidation sites excluding steroid dienone is 7. The molecule has 0 spiro atoms. The van der Waals surface area contributed by atoms with E-state index in [1.54, 1.807) is 0 Å². The standard InChI is InChI=1S/C17H15.2ClH.Zr/c1-12(2)17-15-10-6-5-9-14(15)11-16(17)13-7-3-4-8-13;;;/h3-7,9-10H,8H2,1-2H3;2*1H;/q;;;+2/p-2. The van der Waals surface area contributed by atoms with E-state index in [-0.39, 0.29) is 24.8 Å². The van der Waals surface area contributed by atoms with Gasteiger partial charge in [-0.05, 0) is 0 Å². The molecule has 2 aliphatic rings. The number of hydrogen-bond donors (Lipinski definition) is 0. The van der Waals surface area contributed by atoms with Crippen LogP contribution in [0.15, 0.2) is 59.2 Å². The summed E-state index contributed by atoms with van der Waals surface area (Å²) in [5, 5.41) is 0. The van der Waals surface area contributed by atoms with Crippen molar-refractivity contribution >= 4 is 8.85 Å². The molecular formula is C17H15Cl2Zr. The summed E-state index contributed by atoms with van der Waals surface area (Å²) in [5.41, 5.74) is 8.73. The Bertz CT molecular complexity index is 645. The zero-order valence-electron chi connectivity index (χ0n) is 11.5. The summed E-state index contributed by atoms with van der Waals surface area (Å²) >= 11 is 1.51. The molecule has 0 saturated carbocycles. The molecule has 0 fully saturated rings. The maximum Gasteiger partial charge on any atom is -1.00 e. The smallest absolute Gasteiger partial charge is 1.00 e. The molecule has 2 aliphatic carbocycles. The summed E-state index contributed by atoms with van der Waals surface area (Å²) in [5.74, 6) is 0. The molecule has 1 aromatic carbocycles. The normalized spacial score (nSPS) is 15.6. The number of hydrogen-bond acceptors (Lipinski definition) is 0. The molecular weight excluding hydrogens is 366 g/mol. The van der Waals surface area contributed by atoms with E-state index in [1.165, 1.54) is 61.4 Å². The van der Waals surface area contributed by atoms with Crippen molar-refractivity contribution in [2.45, 2.75) is 20.3 Å². The van der Waals surface area contributed by atoms with Crippen LogP contribution in [0.4, 0.5) is 0 Å². The molecule has 0 bridgehead atoms. The van der Waals surface area contributed by atoms with Gasteiger partial charge in [0.1, 0.15) is 0 Å². The van der Waals surface area contributed by atoms with Crippen LogP contribution in [0.3, 0.4) is 0 Å². The Labute approximate surface area is 148 Å². The van der Waals surface area contributed by atoms with Crippen molar-refractivity contribution in [1.29, 1.82) is 0 Å². The van der Waals surface area contributed by atoms with Gasteiger partial charge in [-0.2, -0.15) is 0 Å². The molecule has 0 aliphatic heterocycles. The zero-order chi connectivity index (χ0) is 12.7. The summed E-state index contributed by atoms with van der Waals surface area (Å²) in [6.45, 7) is 4.45. The van der Waals surface area contributed by atoms with Crippen LogP contribution in [-0.2, 0) is 24.7 Å². The summed E-state index contributed by atoms with van der Waals surface area (Å²) in [7, 11) is 0. The van der Waals surface area contributed by atoms with Gasteiger partial charge in [0.2, 0.25) is 0 Å². The number of fused-ring (bicyclic) bond motifs is 1. The third-order valence-electron chi connectivity index (χ3n) is 3.56. The molecule has 0 heterocycles. The van der Waals surface area contributed by atoms with Crippen molar-refractivity contribution in [2.24, 2.45) is 0 Å². The number of benzene rings is 1. The van der Waals surface area contributed by atoms with Gasteiger partial charge in [0.05, 0.1) is 0 Å². The molecule has 20 heavy (non-hydrogen) atoms. The molecule has 0 radical (unpaired) electrons. The van der Waals surface area contributed by atoms with Crippen LogP contribution in [0, 0.1) is 0 Å². The van der Waals surface area contributed by atoms with Crippen molar-refractivity contribution in [2.75, 3.05) is 0 Å². The van der Waals surface area contributed by atoms with Gasteiger partial charge in [0.25, 0.3) is 0 Å². The second kappa shape index (κ2) is 7.07. The number of halogens is 2. The van der Waals surface area contributed by atoms with Crippen molar-refractivity contribution in [1.82, 2.24) is 0 Å². The van der Waals surface area contributed by atoms with Crippen molar-refractivity contribution < 1.29 is 49.5 Å². The second-order valence-electron chi connectivity index (χ2n) is 4.99. The monoisotopic (exact) mass is 379 g/mol. The fraction of sp³-hybridized carbons (Fsp3) is 0.176. The van der Waals surface area contributed by atoms with E-state index < -0.39 is 0 Å². The maximum absolute atomic E-state index is 2.27. The molecule has 0 N–H and O–H groups in total. The van der Waals surface area contributed by atoms with E-state index in [2.05, 4.69) is 56.3 Å². The number of rotatable bonds is 1. The van der Waals surface area contributed by atoms with E-state index in [1.807, 2.05) is 0 Å². The molecule has 0 atom stereocenters. The van der Waals surface area contributed by atoms with E-state index in [0.717, 1.165) is 6.42 Å². The molecule has 3 rings (SSSR count). The fourth-order valence-electron chi connectivity index (χ4n) is 2.79. The van der Waals surface area contributed by atoms with Gasteiger partial charge in [0.15, 0.2) is 0 Å². The molecule has 3 heteroatoms. The van der Waals surface area contributed by atoms with Crippen molar-refractivity contribution in [3.63, 3.8) is 0 Å². The van der Waals surface area contributed by atoms with Crippen LogP contribution in [-0.4, -0.2) is 0 Å². The van der Waals surface area contributed by atoms with E-state index in [4.69, 9.17) is 0 Å².